The van der Waals surface area contributed by atoms with Crippen molar-refractivity contribution in [3.05, 3.63) is 95.6 Å². The standard InChI is InChI=1S/C31H38N2O3/c1-34-19-20-36-30-17-9-16-29(35-2)27(30)22-32-21-26-15-10-18-33(26)28(23-32)31(24-11-5-3-6-12-24)25-13-7-4-8-14-25/h3-9,11-14,16-17,26,28,31H,10,15,18-23H2,1-2H3. The maximum absolute atomic E-state index is 6.12. The Hall–Kier alpha value is -2.86. The molecule has 0 spiro atoms. The van der Waals surface area contributed by atoms with E-state index in [0.29, 0.717) is 31.2 Å². The summed E-state index contributed by atoms with van der Waals surface area (Å²) < 4.78 is 17.1. The fourth-order valence-electron chi connectivity index (χ4n) is 6.10. The molecule has 2 aliphatic heterocycles. The predicted octanol–water partition coefficient (Wildman–Crippen LogP) is 5.20. The maximum atomic E-state index is 6.12. The van der Waals surface area contributed by atoms with Gasteiger partial charge in [0.05, 0.1) is 19.3 Å². The topological polar surface area (TPSA) is 34.2 Å². The summed E-state index contributed by atoms with van der Waals surface area (Å²) in [6.07, 6.45) is 2.53. The molecule has 5 rings (SSSR count). The molecule has 2 fully saturated rings. The van der Waals surface area contributed by atoms with Crippen molar-refractivity contribution < 1.29 is 14.2 Å². The molecule has 2 aliphatic rings. The second-order valence-corrected chi connectivity index (χ2v) is 9.87. The first-order valence-corrected chi connectivity index (χ1v) is 13.1. The SMILES string of the molecule is COCCOc1cccc(OC)c1CN1CC2CCCN2C(C(c2ccccc2)c2ccccc2)C1. The van der Waals surface area contributed by atoms with E-state index in [4.69, 9.17) is 14.2 Å². The Morgan fingerprint density at radius 3 is 2.17 bits per heavy atom. The van der Waals surface area contributed by atoms with E-state index in [0.717, 1.165) is 36.7 Å². The van der Waals surface area contributed by atoms with Gasteiger partial charge in [0.25, 0.3) is 0 Å². The Kier molecular flexibility index (Phi) is 8.22. The van der Waals surface area contributed by atoms with E-state index >= 15 is 0 Å². The van der Waals surface area contributed by atoms with Gasteiger partial charge in [-0.2, -0.15) is 0 Å². The molecule has 0 bridgehead atoms. The second-order valence-electron chi connectivity index (χ2n) is 9.87. The maximum Gasteiger partial charge on any atom is 0.127 e. The number of nitrogens with zero attached hydrogens (tertiary/aromatic N) is 2. The molecule has 2 unspecified atom stereocenters. The smallest absolute Gasteiger partial charge is 0.127 e. The third-order valence-corrected chi connectivity index (χ3v) is 7.70. The minimum Gasteiger partial charge on any atom is -0.496 e. The second kappa shape index (κ2) is 11.9. The zero-order chi connectivity index (χ0) is 24.7. The van der Waals surface area contributed by atoms with Gasteiger partial charge in [0, 0.05) is 44.7 Å². The quantitative estimate of drug-likeness (QED) is 0.368. The van der Waals surface area contributed by atoms with Gasteiger partial charge in [-0.3, -0.25) is 9.80 Å². The number of methoxy groups -OCH3 is 2. The first-order valence-electron chi connectivity index (χ1n) is 13.1. The van der Waals surface area contributed by atoms with Gasteiger partial charge in [-0.05, 0) is 42.6 Å². The molecule has 190 valence electrons. The molecule has 0 saturated carbocycles. The molecule has 5 nitrogen and oxygen atoms in total. The molecule has 0 radical (unpaired) electrons. The lowest BCUT2D eigenvalue weighted by molar-refractivity contribution is 0.0374. The van der Waals surface area contributed by atoms with Gasteiger partial charge in [-0.15, -0.1) is 0 Å². The van der Waals surface area contributed by atoms with E-state index in [1.54, 1.807) is 14.2 Å². The summed E-state index contributed by atoms with van der Waals surface area (Å²) in [4.78, 5) is 5.41. The number of ether oxygens (including phenoxy) is 3. The Bertz CT molecular complexity index is 1050. The monoisotopic (exact) mass is 486 g/mol. The van der Waals surface area contributed by atoms with E-state index in [9.17, 15) is 0 Å². The van der Waals surface area contributed by atoms with Crippen LogP contribution in [0.1, 0.15) is 35.4 Å². The molecule has 0 N–H and O–H groups in total. The van der Waals surface area contributed by atoms with Crippen LogP contribution in [0, 0.1) is 0 Å². The van der Waals surface area contributed by atoms with Crippen LogP contribution in [-0.2, 0) is 11.3 Å². The van der Waals surface area contributed by atoms with Crippen molar-refractivity contribution in [3.8, 4) is 11.5 Å². The largest absolute Gasteiger partial charge is 0.496 e. The van der Waals surface area contributed by atoms with Crippen LogP contribution in [0.25, 0.3) is 0 Å². The van der Waals surface area contributed by atoms with Crippen LogP contribution < -0.4 is 9.47 Å². The zero-order valence-corrected chi connectivity index (χ0v) is 21.5. The van der Waals surface area contributed by atoms with E-state index in [-0.39, 0.29) is 0 Å². The number of fused-ring (bicyclic) bond motifs is 1. The number of hydrogen-bond acceptors (Lipinski definition) is 5. The van der Waals surface area contributed by atoms with Gasteiger partial charge in [-0.25, -0.2) is 0 Å². The van der Waals surface area contributed by atoms with Crippen LogP contribution in [0.3, 0.4) is 0 Å². The lowest BCUT2D eigenvalue weighted by Gasteiger charge is -2.47. The van der Waals surface area contributed by atoms with Crippen molar-refractivity contribution in [2.45, 2.75) is 37.4 Å². The Balaban J connectivity index is 1.46. The van der Waals surface area contributed by atoms with Gasteiger partial charge in [0.1, 0.15) is 18.1 Å². The van der Waals surface area contributed by atoms with Crippen LogP contribution >= 0.6 is 0 Å². The fraction of sp³-hybridized carbons (Fsp3) is 0.419. The minimum atomic E-state index is 0.325. The molecule has 3 aromatic carbocycles. The van der Waals surface area contributed by atoms with Crippen LogP contribution in [-0.4, -0.2) is 69.0 Å². The highest BCUT2D eigenvalue weighted by atomic mass is 16.5. The highest BCUT2D eigenvalue weighted by Crippen LogP contribution is 2.39. The first-order chi connectivity index (χ1) is 17.8. The minimum absolute atomic E-state index is 0.325. The van der Waals surface area contributed by atoms with Crippen molar-refractivity contribution >= 4 is 0 Å². The number of rotatable bonds is 10. The van der Waals surface area contributed by atoms with Crippen molar-refractivity contribution in [2.75, 3.05) is 47.1 Å². The Morgan fingerprint density at radius 1 is 0.806 bits per heavy atom. The predicted molar refractivity (Wildman–Crippen MR) is 144 cm³/mol. The summed E-state index contributed by atoms with van der Waals surface area (Å²) in [5, 5.41) is 0. The lowest BCUT2D eigenvalue weighted by Crippen LogP contribution is -2.57. The zero-order valence-electron chi connectivity index (χ0n) is 21.5. The molecule has 2 saturated heterocycles. The van der Waals surface area contributed by atoms with E-state index < -0.39 is 0 Å². The number of benzene rings is 3. The van der Waals surface area contributed by atoms with E-state index in [1.807, 2.05) is 18.2 Å². The van der Waals surface area contributed by atoms with Gasteiger partial charge in [-0.1, -0.05) is 66.7 Å². The van der Waals surface area contributed by atoms with Crippen molar-refractivity contribution in [2.24, 2.45) is 0 Å². The van der Waals surface area contributed by atoms with Gasteiger partial charge in [0.15, 0.2) is 0 Å². The average molecular weight is 487 g/mol. The van der Waals surface area contributed by atoms with Gasteiger partial charge < -0.3 is 14.2 Å². The average Bonchev–Trinajstić information content (AvgIpc) is 3.40. The molecule has 0 aliphatic carbocycles. The molecule has 2 atom stereocenters. The molecule has 0 aromatic heterocycles. The highest BCUT2D eigenvalue weighted by Gasteiger charge is 2.42. The van der Waals surface area contributed by atoms with Crippen LogP contribution in [0.15, 0.2) is 78.9 Å². The van der Waals surface area contributed by atoms with Gasteiger partial charge >= 0.3 is 0 Å². The number of piperazine rings is 1. The van der Waals surface area contributed by atoms with Crippen LogP contribution in [0.4, 0.5) is 0 Å². The third-order valence-electron chi connectivity index (χ3n) is 7.70. The van der Waals surface area contributed by atoms with E-state index in [1.165, 1.54) is 30.5 Å². The lowest BCUT2D eigenvalue weighted by atomic mass is 9.82. The summed E-state index contributed by atoms with van der Waals surface area (Å²) in [5.41, 5.74) is 3.90. The van der Waals surface area contributed by atoms with Gasteiger partial charge in [0.2, 0.25) is 0 Å². The fourth-order valence-corrected chi connectivity index (χ4v) is 6.10. The normalized spacial score (nSPS) is 20.4. The van der Waals surface area contributed by atoms with Crippen LogP contribution in [0.2, 0.25) is 0 Å². The van der Waals surface area contributed by atoms with Crippen molar-refractivity contribution in [1.82, 2.24) is 9.80 Å². The Morgan fingerprint density at radius 2 is 1.50 bits per heavy atom. The van der Waals surface area contributed by atoms with Crippen LogP contribution in [0.5, 0.6) is 11.5 Å². The summed E-state index contributed by atoms with van der Waals surface area (Å²) in [7, 11) is 3.45. The van der Waals surface area contributed by atoms with E-state index in [2.05, 4.69) is 70.5 Å². The number of hydrogen-bond donors (Lipinski definition) is 0. The summed E-state index contributed by atoms with van der Waals surface area (Å²) in [6, 6.07) is 29.2. The Labute approximate surface area is 215 Å². The molecule has 36 heavy (non-hydrogen) atoms. The molecular weight excluding hydrogens is 448 g/mol. The molecule has 5 heteroatoms. The highest BCUT2D eigenvalue weighted by molar-refractivity contribution is 5.45. The molecule has 2 heterocycles. The summed E-state index contributed by atoms with van der Waals surface area (Å²) >= 11 is 0. The first kappa shape index (κ1) is 24.8. The molecular formula is C31H38N2O3. The van der Waals surface area contributed by atoms with Crippen molar-refractivity contribution in [1.29, 1.82) is 0 Å². The summed E-state index contributed by atoms with van der Waals surface area (Å²) in [5.74, 6) is 2.10. The third kappa shape index (κ3) is 5.44. The van der Waals surface area contributed by atoms with Crippen molar-refractivity contribution in [3.63, 3.8) is 0 Å². The molecule has 0 amide bonds. The molecule has 3 aromatic rings. The summed E-state index contributed by atoms with van der Waals surface area (Å²) in [6.45, 7) is 5.15.